The molecule has 0 unspecified atom stereocenters. The van der Waals surface area contributed by atoms with Crippen LogP contribution in [0.1, 0.15) is 0 Å². The maximum absolute atomic E-state index is 9.58. The van der Waals surface area contributed by atoms with Crippen LogP contribution in [0.5, 0.6) is 23.0 Å². The molecule has 0 aliphatic rings. The first kappa shape index (κ1) is 17.2. The summed E-state index contributed by atoms with van der Waals surface area (Å²) in [6.07, 6.45) is 0. The van der Waals surface area contributed by atoms with Gasteiger partial charge < -0.3 is 20.4 Å². The molecule has 0 saturated carbocycles. The van der Waals surface area contributed by atoms with Crippen LogP contribution in [0.3, 0.4) is 0 Å². The highest BCUT2D eigenvalue weighted by atomic mass is 16.3. The summed E-state index contributed by atoms with van der Waals surface area (Å²) < 4.78 is 0. The largest absolute Gasteiger partial charge is 0.508 e. The quantitative estimate of drug-likeness (QED) is 0.288. The van der Waals surface area contributed by atoms with E-state index in [1.165, 1.54) is 18.2 Å². The molecule has 4 aromatic carbocycles. The van der Waals surface area contributed by atoms with E-state index in [1.807, 2.05) is 48.5 Å². The molecular weight excluding hydrogens is 328 g/mol. The zero-order valence-corrected chi connectivity index (χ0v) is 13.9. The molecule has 26 heavy (non-hydrogen) atoms. The zero-order chi connectivity index (χ0) is 18.5. The van der Waals surface area contributed by atoms with Crippen molar-refractivity contribution in [2.75, 3.05) is 0 Å². The Labute approximate surface area is 150 Å². The Bertz CT molecular complexity index is 1030. The first-order valence-electron chi connectivity index (χ1n) is 8.03. The van der Waals surface area contributed by atoms with Crippen molar-refractivity contribution in [3.63, 3.8) is 0 Å². The van der Waals surface area contributed by atoms with E-state index in [0.29, 0.717) is 10.9 Å². The van der Waals surface area contributed by atoms with Crippen molar-refractivity contribution in [2.24, 2.45) is 0 Å². The highest BCUT2D eigenvalue weighted by Crippen LogP contribution is 2.33. The van der Waals surface area contributed by atoms with Gasteiger partial charge in [0.25, 0.3) is 0 Å². The second-order valence-electron chi connectivity index (χ2n) is 5.72. The molecule has 0 saturated heterocycles. The zero-order valence-electron chi connectivity index (χ0n) is 13.9. The molecule has 0 atom stereocenters. The maximum Gasteiger partial charge on any atom is 0.165 e. The van der Waals surface area contributed by atoms with Crippen molar-refractivity contribution in [3.8, 4) is 34.1 Å². The van der Waals surface area contributed by atoms with E-state index >= 15 is 0 Å². The fraction of sp³-hybridized carbons (Fsp3) is 0. The third kappa shape index (κ3) is 3.70. The van der Waals surface area contributed by atoms with E-state index in [1.54, 1.807) is 18.2 Å². The lowest BCUT2D eigenvalue weighted by Gasteiger charge is -2.04. The van der Waals surface area contributed by atoms with Gasteiger partial charge in [0, 0.05) is 10.9 Å². The number of phenolic OH excluding ortho intramolecular Hbond substituents is 4. The van der Waals surface area contributed by atoms with Gasteiger partial charge in [-0.25, -0.2) is 0 Å². The van der Waals surface area contributed by atoms with E-state index in [-0.39, 0.29) is 23.0 Å². The predicted molar refractivity (Wildman–Crippen MR) is 102 cm³/mol. The number of phenols is 4. The van der Waals surface area contributed by atoms with Crippen molar-refractivity contribution >= 4 is 10.8 Å². The summed E-state index contributed by atoms with van der Waals surface area (Å²) in [5.41, 5.74) is 1.53. The third-order valence-electron chi connectivity index (χ3n) is 3.94. The summed E-state index contributed by atoms with van der Waals surface area (Å²) in [6, 6.07) is 24.6. The van der Waals surface area contributed by atoms with Gasteiger partial charge in [0.2, 0.25) is 0 Å². The maximum atomic E-state index is 9.58. The molecule has 4 N–H and O–H groups in total. The van der Waals surface area contributed by atoms with E-state index in [4.69, 9.17) is 5.11 Å². The average molecular weight is 346 g/mol. The van der Waals surface area contributed by atoms with Crippen molar-refractivity contribution in [1.82, 2.24) is 0 Å². The molecule has 0 fully saturated rings. The van der Waals surface area contributed by atoms with Crippen LogP contribution in [-0.2, 0) is 0 Å². The lowest BCUT2D eigenvalue weighted by atomic mass is 10.0. The van der Waals surface area contributed by atoms with Crippen LogP contribution in [-0.4, -0.2) is 20.4 Å². The summed E-state index contributed by atoms with van der Waals surface area (Å²) in [5, 5.41) is 39.0. The topological polar surface area (TPSA) is 80.9 Å². The average Bonchev–Trinajstić information content (AvgIpc) is 2.68. The standard InChI is InChI=1S/C12H10O2.C10H8O2/c13-10-6-7-12(14)11(8-10)9-4-2-1-3-5-9;11-9-6-5-7-3-1-2-4-8(7)10(9)12/h1-8,13-14H;1-6,11-12H. The van der Waals surface area contributed by atoms with Crippen LogP contribution in [0, 0.1) is 0 Å². The molecule has 0 amide bonds. The second kappa shape index (κ2) is 7.49. The molecule has 0 radical (unpaired) electrons. The second-order valence-corrected chi connectivity index (χ2v) is 5.72. The van der Waals surface area contributed by atoms with Crippen LogP contribution in [0.15, 0.2) is 84.9 Å². The van der Waals surface area contributed by atoms with Crippen molar-refractivity contribution in [1.29, 1.82) is 0 Å². The number of aromatic hydroxyl groups is 4. The van der Waals surface area contributed by atoms with Crippen LogP contribution in [0.4, 0.5) is 0 Å². The Morgan fingerprint density at radius 1 is 0.538 bits per heavy atom. The number of hydrogen-bond acceptors (Lipinski definition) is 4. The van der Waals surface area contributed by atoms with Crippen LogP contribution >= 0.6 is 0 Å². The van der Waals surface area contributed by atoms with Crippen LogP contribution in [0.25, 0.3) is 21.9 Å². The molecule has 130 valence electrons. The Balaban J connectivity index is 0.000000152. The van der Waals surface area contributed by atoms with Gasteiger partial charge in [-0.2, -0.15) is 0 Å². The Hall–Kier alpha value is -3.66. The Kier molecular flexibility index (Phi) is 4.94. The molecule has 4 aromatic rings. The number of fused-ring (bicyclic) bond motifs is 1. The summed E-state index contributed by atoms with van der Waals surface area (Å²) in [7, 11) is 0. The molecule has 0 aliphatic heterocycles. The molecule has 0 aromatic heterocycles. The Morgan fingerprint density at radius 2 is 1.19 bits per heavy atom. The number of benzene rings is 4. The highest BCUT2D eigenvalue weighted by molar-refractivity contribution is 5.90. The van der Waals surface area contributed by atoms with Crippen molar-refractivity contribution in [2.45, 2.75) is 0 Å². The van der Waals surface area contributed by atoms with Gasteiger partial charge in [0.05, 0.1) is 0 Å². The lowest BCUT2D eigenvalue weighted by Crippen LogP contribution is -1.78. The molecular formula is C22H18O4. The minimum Gasteiger partial charge on any atom is -0.508 e. The molecule has 4 nitrogen and oxygen atoms in total. The van der Waals surface area contributed by atoms with Crippen molar-refractivity contribution in [3.05, 3.63) is 84.9 Å². The van der Waals surface area contributed by atoms with Gasteiger partial charge in [0.15, 0.2) is 11.5 Å². The van der Waals surface area contributed by atoms with E-state index in [0.717, 1.165) is 10.9 Å². The summed E-state index contributed by atoms with van der Waals surface area (Å²) in [4.78, 5) is 0. The number of hydrogen-bond donors (Lipinski definition) is 4. The van der Waals surface area contributed by atoms with Crippen molar-refractivity contribution < 1.29 is 20.4 Å². The lowest BCUT2D eigenvalue weighted by molar-refractivity contribution is 0.408. The summed E-state index contributed by atoms with van der Waals surface area (Å²) in [5.74, 6) is 0.206. The van der Waals surface area contributed by atoms with E-state index < -0.39 is 0 Å². The van der Waals surface area contributed by atoms with Gasteiger partial charge in [-0.15, -0.1) is 0 Å². The fourth-order valence-electron chi connectivity index (χ4n) is 2.62. The van der Waals surface area contributed by atoms with Crippen LogP contribution < -0.4 is 0 Å². The molecule has 4 heteroatoms. The van der Waals surface area contributed by atoms with Gasteiger partial charge in [0.1, 0.15) is 11.5 Å². The minimum absolute atomic E-state index is 0.0481. The molecule has 4 rings (SSSR count). The first-order chi connectivity index (χ1) is 12.6. The smallest absolute Gasteiger partial charge is 0.165 e. The normalized spacial score (nSPS) is 10.2. The van der Waals surface area contributed by atoms with Gasteiger partial charge >= 0.3 is 0 Å². The third-order valence-corrected chi connectivity index (χ3v) is 3.94. The molecule has 0 heterocycles. The van der Waals surface area contributed by atoms with Gasteiger partial charge in [-0.3, -0.25) is 0 Å². The highest BCUT2D eigenvalue weighted by Gasteiger charge is 2.04. The van der Waals surface area contributed by atoms with Gasteiger partial charge in [-0.1, -0.05) is 60.7 Å². The molecule has 0 aliphatic carbocycles. The van der Waals surface area contributed by atoms with Crippen LogP contribution in [0.2, 0.25) is 0 Å². The Morgan fingerprint density at radius 3 is 1.96 bits per heavy atom. The SMILES string of the molecule is Oc1ccc(O)c(-c2ccccc2)c1.Oc1ccc2ccccc2c1O. The van der Waals surface area contributed by atoms with Gasteiger partial charge in [-0.05, 0) is 35.2 Å². The number of rotatable bonds is 1. The minimum atomic E-state index is -0.0753. The first-order valence-corrected chi connectivity index (χ1v) is 8.03. The molecule has 0 spiro atoms. The summed E-state index contributed by atoms with van der Waals surface area (Å²) in [6.45, 7) is 0. The molecule has 0 bridgehead atoms. The van der Waals surface area contributed by atoms with E-state index in [2.05, 4.69) is 0 Å². The monoisotopic (exact) mass is 346 g/mol. The fourth-order valence-corrected chi connectivity index (χ4v) is 2.62. The summed E-state index contributed by atoms with van der Waals surface area (Å²) >= 11 is 0. The predicted octanol–water partition coefficient (Wildman–Crippen LogP) is 5.02. The van der Waals surface area contributed by atoms with E-state index in [9.17, 15) is 15.3 Å².